The van der Waals surface area contributed by atoms with E-state index in [0.29, 0.717) is 0 Å². The summed E-state index contributed by atoms with van der Waals surface area (Å²) in [6.07, 6.45) is 1.39. The van der Waals surface area contributed by atoms with Gasteiger partial charge < -0.3 is 20.0 Å². The molecule has 3 N–H and O–H groups in total. The molecular weight excluding hydrogens is 566 g/mol. The van der Waals surface area contributed by atoms with Crippen molar-refractivity contribution < 1.29 is 23.2 Å². The van der Waals surface area contributed by atoms with E-state index < -0.39 is 38.6 Å². The van der Waals surface area contributed by atoms with E-state index >= 15 is 0 Å². The number of rotatable bonds is 13. The van der Waals surface area contributed by atoms with Gasteiger partial charge in [0.2, 0.25) is 15.9 Å². The Morgan fingerprint density at radius 2 is 1.81 bits per heavy atom. The van der Waals surface area contributed by atoms with Crippen molar-refractivity contribution in [2.45, 2.75) is 43.9 Å². The van der Waals surface area contributed by atoms with Gasteiger partial charge in [-0.05, 0) is 30.0 Å². The van der Waals surface area contributed by atoms with E-state index in [1.807, 2.05) is 44.2 Å². The highest BCUT2D eigenvalue weighted by atomic mass is 32.2. The molecule has 0 bridgehead atoms. The molecule has 0 aliphatic rings. The molecule has 2 aromatic carbocycles. The summed E-state index contributed by atoms with van der Waals surface area (Å²) in [5.41, 5.74) is 0.395. The maximum absolute atomic E-state index is 13.6. The minimum Gasteiger partial charge on any atom is -0.390 e. The Morgan fingerprint density at radius 3 is 2.45 bits per heavy atom. The maximum atomic E-state index is 13.6. The van der Waals surface area contributed by atoms with Gasteiger partial charge in [0.15, 0.2) is 11.2 Å². The standard InChI is InChI=1S/C27H31N7O7S/c1-18(2)13-33(42(40,41)21-10-8-20(9-11-21)34(38)39)14-23(35)22(12-19-6-4-3-5-7-19)31-24(36)15-32-17-30-25-26(32)28-16-29-27(25)37/h3-11,16-18,22-23,35H,12-15H2,1-2H3,(H,31,36)(H,28,29,37)/t22-,23+/m0/s1. The highest BCUT2D eigenvalue weighted by Crippen LogP contribution is 2.22. The van der Waals surface area contributed by atoms with Crippen LogP contribution >= 0.6 is 0 Å². The van der Waals surface area contributed by atoms with Gasteiger partial charge in [0.05, 0.1) is 34.6 Å². The minimum atomic E-state index is -4.15. The number of nitrogens with zero attached hydrogens (tertiary/aromatic N) is 5. The minimum absolute atomic E-state index is 0.0592. The molecule has 2 atom stereocenters. The first-order valence-electron chi connectivity index (χ1n) is 13.1. The fourth-order valence-corrected chi connectivity index (χ4v) is 6.09. The van der Waals surface area contributed by atoms with Gasteiger partial charge in [-0.1, -0.05) is 44.2 Å². The number of imidazole rings is 1. The number of carbonyl (C=O) groups is 1. The Kier molecular flexibility index (Phi) is 9.45. The molecule has 0 radical (unpaired) electrons. The molecule has 2 aromatic heterocycles. The molecule has 0 aliphatic heterocycles. The second-order valence-corrected chi connectivity index (χ2v) is 12.1. The molecule has 4 rings (SSSR count). The third kappa shape index (κ3) is 7.23. The van der Waals surface area contributed by atoms with Crippen LogP contribution in [-0.4, -0.2) is 73.4 Å². The van der Waals surface area contributed by atoms with E-state index in [-0.39, 0.29) is 53.7 Å². The number of carbonyl (C=O) groups excluding carboxylic acids is 1. The average Bonchev–Trinajstić information content (AvgIpc) is 3.36. The number of aliphatic hydroxyl groups is 1. The number of fused-ring (bicyclic) bond motifs is 1. The molecule has 0 saturated heterocycles. The van der Waals surface area contributed by atoms with Crippen molar-refractivity contribution in [2.75, 3.05) is 13.1 Å². The van der Waals surface area contributed by atoms with Crippen LogP contribution in [0.1, 0.15) is 19.4 Å². The molecular formula is C27H31N7O7S. The van der Waals surface area contributed by atoms with E-state index in [1.54, 1.807) is 0 Å². The zero-order chi connectivity index (χ0) is 30.4. The summed E-state index contributed by atoms with van der Waals surface area (Å²) in [6, 6.07) is 12.7. The van der Waals surface area contributed by atoms with Crippen LogP contribution in [0.25, 0.3) is 11.2 Å². The maximum Gasteiger partial charge on any atom is 0.278 e. The van der Waals surface area contributed by atoms with Gasteiger partial charge in [0.1, 0.15) is 6.54 Å². The van der Waals surface area contributed by atoms with Crippen LogP contribution in [0.15, 0.2) is 76.9 Å². The predicted octanol–water partition coefficient (Wildman–Crippen LogP) is 1.46. The monoisotopic (exact) mass is 597 g/mol. The first-order valence-corrected chi connectivity index (χ1v) is 14.5. The van der Waals surface area contributed by atoms with Crippen molar-refractivity contribution in [3.63, 3.8) is 0 Å². The van der Waals surface area contributed by atoms with E-state index in [4.69, 9.17) is 0 Å². The summed E-state index contributed by atoms with van der Waals surface area (Å²) in [4.78, 5) is 45.9. The normalized spacial score (nSPS) is 13.4. The summed E-state index contributed by atoms with van der Waals surface area (Å²) in [5, 5.41) is 25.2. The first kappa shape index (κ1) is 30.5. The number of sulfonamides is 1. The van der Waals surface area contributed by atoms with Crippen molar-refractivity contribution in [2.24, 2.45) is 5.92 Å². The second-order valence-electron chi connectivity index (χ2n) is 10.2. The van der Waals surface area contributed by atoms with Crippen LogP contribution < -0.4 is 10.9 Å². The lowest BCUT2D eigenvalue weighted by molar-refractivity contribution is -0.384. The smallest absolute Gasteiger partial charge is 0.278 e. The summed E-state index contributed by atoms with van der Waals surface area (Å²) >= 11 is 0. The van der Waals surface area contributed by atoms with Gasteiger partial charge in [-0.2, -0.15) is 4.31 Å². The largest absolute Gasteiger partial charge is 0.390 e. The Labute approximate surface area is 241 Å². The lowest BCUT2D eigenvalue weighted by Crippen LogP contribution is -2.51. The van der Waals surface area contributed by atoms with Gasteiger partial charge in [0, 0.05) is 25.2 Å². The van der Waals surface area contributed by atoms with Crippen molar-refractivity contribution in [1.82, 2.24) is 29.1 Å². The third-order valence-electron chi connectivity index (χ3n) is 6.48. The third-order valence-corrected chi connectivity index (χ3v) is 8.32. The number of H-pyrrole nitrogens is 1. The summed E-state index contributed by atoms with van der Waals surface area (Å²) < 4.78 is 29.6. The van der Waals surface area contributed by atoms with E-state index in [1.165, 1.54) is 17.2 Å². The number of aromatic amines is 1. The lowest BCUT2D eigenvalue weighted by atomic mass is 10.0. The van der Waals surface area contributed by atoms with Crippen LogP contribution in [0.2, 0.25) is 0 Å². The fourth-order valence-electron chi connectivity index (χ4n) is 4.47. The molecule has 0 unspecified atom stereocenters. The molecule has 42 heavy (non-hydrogen) atoms. The zero-order valence-corrected chi connectivity index (χ0v) is 23.8. The average molecular weight is 598 g/mol. The number of amides is 1. The number of hydrogen-bond acceptors (Lipinski definition) is 9. The van der Waals surface area contributed by atoms with Gasteiger partial charge in [0.25, 0.3) is 11.2 Å². The van der Waals surface area contributed by atoms with E-state index in [9.17, 15) is 33.2 Å². The Balaban J connectivity index is 1.58. The van der Waals surface area contributed by atoms with Gasteiger partial charge in [-0.3, -0.25) is 19.7 Å². The quantitative estimate of drug-likeness (QED) is 0.151. The molecule has 2 heterocycles. The summed E-state index contributed by atoms with van der Waals surface area (Å²) in [6.45, 7) is 3.11. The Hall–Kier alpha value is -4.47. The number of nitro groups is 1. The van der Waals surface area contributed by atoms with Crippen LogP contribution in [-0.2, 0) is 27.8 Å². The SMILES string of the molecule is CC(C)CN(C[C@@H](O)[C@H](Cc1ccccc1)NC(=O)Cn1cnc2c(=O)[nH]cnc21)S(=O)(=O)c1ccc([N+](=O)[O-])cc1. The van der Waals surface area contributed by atoms with Crippen molar-refractivity contribution in [1.29, 1.82) is 0 Å². The van der Waals surface area contributed by atoms with Crippen LogP contribution in [0.3, 0.4) is 0 Å². The fraction of sp³-hybridized carbons (Fsp3) is 0.333. The number of hydrogen-bond donors (Lipinski definition) is 3. The molecule has 4 aromatic rings. The van der Waals surface area contributed by atoms with Crippen molar-refractivity contribution >= 4 is 32.8 Å². The first-order chi connectivity index (χ1) is 20.0. The number of benzene rings is 2. The molecule has 222 valence electrons. The molecule has 0 saturated carbocycles. The van der Waals surface area contributed by atoms with E-state index in [0.717, 1.165) is 34.1 Å². The molecule has 1 amide bonds. The topological polar surface area (TPSA) is 193 Å². The number of aliphatic hydroxyl groups excluding tert-OH is 1. The predicted molar refractivity (Wildman–Crippen MR) is 153 cm³/mol. The molecule has 15 heteroatoms. The Morgan fingerprint density at radius 1 is 1.12 bits per heavy atom. The lowest BCUT2D eigenvalue weighted by Gasteiger charge is -2.30. The number of nitrogens with one attached hydrogen (secondary N) is 2. The molecule has 0 spiro atoms. The van der Waals surface area contributed by atoms with Gasteiger partial charge in [-0.25, -0.2) is 18.4 Å². The molecule has 0 fully saturated rings. The van der Waals surface area contributed by atoms with Crippen molar-refractivity contribution in [3.05, 3.63) is 93.3 Å². The van der Waals surface area contributed by atoms with Gasteiger partial charge in [-0.15, -0.1) is 0 Å². The zero-order valence-electron chi connectivity index (χ0n) is 23.0. The van der Waals surface area contributed by atoms with Crippen LogP contribution in [0.4, 0.5) is 5.69 Å². The molecule has 14 nitrogen and oxygen atoms in total. The second kappa shape index (κ2) is 13.0. The summed E-state index contributed by atoms with van der Waals surface area (Å²) in [7, 11) is -4.15. The summed E-state index contributed by atoms with van der Waals surface area (Å²) in [5.74, 6) is -0.623. The number of nitro benzene ring substituents is 1. The van der Waals surface area contributed by atoms with Crippen LogP contribution in [0, 0.1) is 16.0 Å². The number of aromatic nitrogens is 4. The highest BCUT2D eigenvalue weighted by molar-refractivity contribution is 7.89. The van der Waals surface area contributed by atoms with Crippen molar-refractivity contribution in [3.8, 4) is 0 Å². The van der Waals surface area contributed by atoms with Crippen LogP contribution in [0.5, 0.6) is 0 Å². The highest BCUT2D eigenvalue weighted by Gasteiger charge is 2.31. The van der Waals surface area contributed by atoms with Gasteiger partial charge >= 0.3 is 0 Å². The Bertz CT molecular complexity index is 1700. The van der Waals surface area contributed by atoms with E-state index in [2.05, 4.69) is 20.3 Å². The molecule has 0 aliphatic carbocycles. The number of non-ortho nitro benzene ring substituents is 1.